The SMILES string of the molecule is CCCOc1c(Cl)cc(C(=O)NC2(C(=O)OC)CCCCC2)cc1OCC. The first kappa shape index (κ1) is 21.4. The van der Waals surface area contributed by atoms with E-state index in [2.05, 4.69) is 5.32 Å². The molecule has 0 aliphatic heterocycles. The number of rotatable bonds is 8. The molecule has 0 unspecified atom stereocenters. The van der Waals surface area contributed by atoms with Crippen molar-refractivity contribution >= 4 is 23.5 Å². The summed E-state index contributed by atoms with van der Waals surface area (Å²) in [6.07, 6.45) is 4.72. The van der Waals surface area contributed by atoms with Crippen LogP contribution in [-0.4, -0.2) is 37.7 Å². The molecule has 0 spiro atoms. The van der Waals surface area contributed by atoms with Crippen LogP contribution in [0.3, 0.4) is 0 Å². The molecule has 0 radical (unpaired) electrons. The first-order chi connectivity index (χ1) is 13.0. The highest BCUT2D eigenvalue weighted by Crippen LogP contribution is 2.37. The smallest absolute Gasteiger partial charge is 0.331 e. The summed E-state index contributed by atoms with van der Waals surface area (Å²) < 4.78 is 16.2. The summed E-state index contributed by atoms with van der Waals surface area (Å²) in [5.41, 5.74) is -0.666. The number of hydrogen-bond acceptors (Lipinski definition) is 5. The number of carbonyl (C=O) groups excluding carboxylic acids is 2. The molecule has 7 heteroatoms. The molecule has 1 N–H and O–H groups in total. The van der Waals surface area contributed by atoms with Gasteiger partial charge in [0.15, 0.2) is 11.5 Å². The third kappa shape index (κ3) is 5.06. The van der Waals surface area contributed by atoms with E-state index >= 15 is 0 Å². The van der Waals surface area contributed by atoms with E-state index in [0.717, 1.165) is 25.7 Å². The maximum Gasteiger partial charge on any atom is 0.331 e. The van der Waals surface area contributed by atoms with Gasteiger partial charge in [-0.15, -0.1) is 0 Å². The minimum absolute atomic E-state index is 0.301. The van der Waals surface area contributed by atoms with Crippen molar-refractivity contribution in [3.8, 4) is 11.5 Å². The molecule has 0 heterocycles. The summed E-state index contributed by atoms with van der Waals surface area (Å²) in [5.74, 6) is 0.0541. The van der Waals surface area contributed by atoms with Crippen molar-refractivity contribution < 1.29 is 23.8 Å². The van der Waals surface area contributed by atoms with Gasteiger partial charge in [0.1, 0.15) is 5.54 Å². The van der Waals surface area contributed by atoms with E-state index in [1.807, 2.05) is 13.8 Å². The Hall–Kier alpha value is -1.95. The number of hydrogen-bond donors (Lipinski definition) is 1. The fraction of sp³-hybridized carbons (Fsp3) is 0.600. The minimum Gasteiger partial charge on any atom is -0.490 e. The number of benzene rings is 1. The van der Waals surface area contributed by atoms with Gasteiger partial charge in [-0.25, -0.2) is 4.79 Å². The van der Waals surface area contributed by atoms with Crippen LogP contribution in [0.15, 0.2) is 12.1 Å². The third-order valence-electron chi connectivity index (χ3n) is 4.66. The van der Waals surface area contributed by atoms with E-state index in [9.17, 15) is 9.59 Å². The van der Waals surface area contributed by atoms with Gasteiger partial charge < -0.3 is 19.5 Å². The van der Waals surface area contributed by atoms with E-state index in [4.69, 9.17) is 25.8 Å². The Balaban J connectivity index is 2.30. The molecule has 0 bridgehead atoms. The Labute approximate surface area is 165 Å². The first-order valence-corrected chi connectivity index (χ1v) is 9.85. The van der Waals surface area contributed by atoms with Crippen molar-refractivity contribution in [3.63, 3.8) is 0 Å². The third-order valence-corrected chi connectivity index (χ3v) is 4.94. The van der Waals surface area contributed by atoms with Crippen LogP contribution < -0.4 is 14.8 Å². The summed E-state index contributed by atoms with van der Waals surface area (Å²) in [6.45, 7) is 4.75. The summed E-state index contributed by atoms with van der Waals surface area (Å²) >= 11 is 6.34. The second-order valence-corrected chi connectivity index (χ2v) is 7.06. The zero-order chi connectivity index (χ0) is 19.9. The fourth-order valence-corrected chi connectivity index (χ4v) is 3.59. The molecule has 0 atom stereocenters. The largest absolute Gasteiger partial charge is 0.490 e. The lowest BCUT2D eigenvalue weighted by Gasteiger charge is -2.35. The van der Waals surface area contributed by atoms with Gasteiger partial charge in [0.05, 0.1) is 25.3 Å². The molecule has 150 valence electrons. The number of carbonyl (C=O) groups is 2. The Morgan fingerprint density at radius 1 is 1.15 bits per heavy atom. The van der Waals surface area contributed by atoms with Gasteiger partial charge in [0.25, 0.3) is 5.91 Å². The lowest BCUT2D eigenvalue weighted by molar-refractivity contribution is -0.149. The molecule has 2 rings (SSSR count). The number of nitrogens with one attached hydrogen (secondary N) is 1. The van der Waals surface area contributed by atoms with Gasteiger partial charge >= 0.3 is 5.97 Å². The molecule has 6 nitrogen and oxygen atoms in total. The van der Waals surface area contributed by atoms with E-state index < -0.39 is 11.5 Å². The standard InChI is InChI=1S/C20H28ClNO5/c1-4-11-27-17-15(21)12-14(13-16(17)26-5-2)18(23)22-20(19(24)25-3)9-7-6-8-10-20/h12-13H,4-11H2,1-3H3,(H,22,23). The zero-order valence-corrected chi connectivity index (χ0v) is 17.0. The number of amides is 1. The first-order valence-electron chi connectivity index (χ1n) is 9.47. The van der Waals surface area contributed by atoms with Crippen molar-refractivity contribution in [1.29, 1.82) is 0 Å². The highest BCUT2D eigenvalue weighted by molar-refractivity contribution is 6.32. The monoisotopic (exact) mass is 397 g/mol. The normalized spacial score (nSPS) is 15.7. The predicted octanol–water partition coefficient (Wildman–Crippen LogP) is 4.13. The molecule has 1 aromatic rings. The maximum absolute atomic E-state index is 12.9. The molecule has 0 aromatic heterocycles. The minimum atomic E-state index is -0.986. The van der Waals surface area contributed by atoms with Crippen molar-refractivity contribution in [3.05, 3.63) is 22.7 Å². The summed E-state index contributed by atoms with van der Waals surface area (Å²) in [6, 6.07) is 3.14. The second kappa shape index (κ2) is 9.83. The van der Waals surface area contributed by atoms with Crippen LogP contribution in [0.4, 0.5) is 0 Å². The van der Waals surface area contributed by atoms with Crippen molar-refractivity contribution in [2.75, 3.05) is 20.3 Å². The highest BCUT2D eigenvalue weighted by atomic mass is 35.5. The van der Waals surface area contributed by atoms with Crippen LogP contribution >= 0.6 is 11.6 Å². The fourth-order valence-electron chi connectivity index (χ4n) is 3.33. The Morgan fingerprint density at radius 3 is 2.44 bits per heavy atom. The molecule has 1 amide bonds. The molecule has 1 aliphatic carbocycles. The van der Waals surface area contributed by atoms with Crippen molar-refractivity contribution in [2.45, 2.75) is 57.9 Å². The van der Waals surface area contributed by atoms with Gasteiger partial charge in [0.2, 0.25) is 0 Å². The van der Waals surface area contributed by atoms with Gasteiger partial charge in [-0.3, -0.25) is 4.79 Å². The predicted molar refractivity (Wildman–Crippen MR) is 104 cm³/mol. The van der Waals surface area contributed by atoms with Crippen LogP contribution in [-0.2, 0) is 9.53 Å². The van der Waals surface area contributed by atoms with E-state index in [-0.39, 0.29) is 5.91 Å². The maximum atomic E-state index is 12.9. The number of methoxy groups -OCH3 is 1. The van der Waals surface area contributed by atoms with Gasteiger partial charge in [-0.1, -0.05) is 37.8 Å². The van der Waals surface area contributed by atoms with E-state index in [1.54, 1.807) is 6.07 Å². The van der Waals surface area contributed by atoms with Crippen LogP contribution in [0, 0.1) is 0 Å². The van der Waals surface area contributed by atoms with Gasteiger partial charge in [-0.05, 0) is 38.3 Å². The number of esters is 1. The lowest BCUT2D eigenvalue weighted by atomic mass is 9.81. The quantitative estimate of drug-likeness (QED) is 0.667. The van der Waals surface area contributed by atoms with Crippen molar-refractivity contribution in [2.24, 2.45) is 0 Å². The molecule has 1 aliphatic rings. The van der Waals surface area contributed by atoms with Crippen LogP contribution in [0.2, 0.25) is 5.02 Å². The lowest BCUT2D eigenvalue weighted by Crippen LogP contribution is -2.56. The Morgan fingerprint density at radius 2 is 1.85 bits per heavy atom. The van der Waals surface area contributed by atoms with Crippen molar-refractivity contribution in [1.82, 2.24) is 5.32 Å². The molecule has 27 heavy (non-hydrogen) atoms. The molecular weight excluding hydrogens is 370 g/mol. The van der Waals surface area contributed by atoms with Crippen LogP contribution in [0.25, 0.3) is 0 Å². The van der Waals surface area contributed by atoms with Gasteiger partial charge in [0, 0.05) is 5.56 Å². The summed E-state index contributed by atoms with van der Waals surface area (Å²) in [4.78, 5) is 25.3. The second-order valence-electron chi connectivity index (χ2n) is 6.66. The van der Waals surface area contributed by atoms with Gasteiger partial charge in [-0.2, -0.15) is 0 Å². The van der Waals surface area contributed by atoms with E-state index in [1.165, 1.54) is 13.2 Å². The summed E-state index contributed by atoms with van der Waals surface area (Å²) in [5, 5.41) is 3.19. The molecule has 1 aromatic carbocycles. The topological polar surface area (TPSA) is 73.9 Å². The Bertz CT molecular complexity index is 671. The van der Waals surface area contributed by atoms with Crippen LogP contribution in [0.5, 0.6) is 11.5 Å². The van der Waals surface area contributed by atoms with Crippen LogP contribution in [0.1, 0.15) is 62.7 Å². The molecule has 0 saturated heterocycles. The number of ether oxygens (including phenoxy) is 3. The van der Waals surface area contributed by atoms with E-state index in [0.29, 0.717) is 48.1 Å². The summed E-state index contributed by atoms with van der Waals surface area (Å²) in [7, 11) is 1.34. The molecule has 1 fully saturated rings. The zero-order valence-electron chi connectivity index (χ0n) is 16.2. The molecule has 1 saturated carbocycles. The Kier molecular flexibility index (Phi) is 7.78. The average molecular weight is 398 g/mol. The average Bonchev–Trinajstić information content (AvgIpc) is 2.67. The highest BCUT2D eigenvalue weighted by Gasteiger charge is 2.42. The number of halogens is 1. The molecular formula is C20H28ClNO5.